The number of carbonyl (C=O) groups excluding carboxylic acids is 1. The van der Waals surface area contributed by atoms with Gasteiger partial charge in [0, 0.05) is 11.3 Å². The van der Waals surface area contributed by atoms with Crippen molar-refractivity contribution in [3.63, 3.8) is 0 Å². The van der Waals surface area contributed by atoms with Crippen LogP contribution in [0, 0.1) is 0 Å². The lowest BCUT2D eigenvalue weighted by atomic mass is 10.1. The van der Waals surface area contributed by atoms with Crippen molar-refractivity contribution >= 4 is 21.6 Å². The van der Waals surface area contributed by atoms with Gasteiger partial charge < -0.3 is 9.73 Å². The molecule has 0 aliphatic rings. The van der Waals surface area contributed by atoms with Gasteiger partial charge >= 0.3 is 6.18 Å². The summed E-state index contributed by atoms with van der Waals surface area (Å²) in [6, 6.07) is 12.5. The van der Waals surface area contributed by atoms with Gasteiger partial charge in [-0.2, -0.15) is 13.2 Å². The van der Waals surface area contributed by atoms with Gasteiger partial charge in [-0.05, 0) is 48.5 Å². The van der Waals surface area contributed by atoms with E-state index >= 15 is 0 Å². The van der Waals surface area contributed by atoms with Gasteiger partial charge in [0.05, 0.1) is 23.3 Å². The topological polar surface area (TPSA) is 88.4 Å². The smallest absolute Gasteiger partial charge is 0.416 e. The lowest BCUT2D eigenvalue weighted by molar-refractivity contribution is -0.137. The second-order valence-corrected chi connectivity index (χ2v) is 7.73. The van der Waals surface area contributed by atoms with Crippen molar-refractivity contribution in [2.75, 3.05) is 5.32 Å². The molecular formula is C19H15F3N2O4S. The Labute approximate surface area is 164 Å². The number of alkyl halides is 3. The molecule has 152 valence electrons. The maximum atomic E-state index is 12.8. The second kappa shape index (κ2) is 8.10. The Morgan fingerprint density at radius 1 is 1.00 bits per heavy atom. The molecule has 6 nitrogen and oxygen atoms in total. The number of furan rings is 1. The van der Waals surface area contributed by atoms with E-state index in [-0.39, 0.29) is 22.7 Å². The van der Waals surface area contributed by atoms with Gasteiger partial charge in [0.25, 0.3) is 5.91 Å². The van der Waals surface area contributed by atoms with Crippen molar-refractivity contribution in [1.29, 1.82) is 0 Å². The van der Waals surface area contributed by atoms with E-state index in [1.807, 2.05) is 0 Å². The lowest BCUT2D eigenvalue weighted by Crippen LogP contribution is -2.23. The van der Waals surface area contributed by atoms with Crippen LogP contribution in [0.25, 0.3) is 0 Å². The maximum absolute atomic E-state index is 12.8. The Balaban J connectivity index is 1.75. The number of benzene rings is 2. The van der Waals surface area contributed by atoms with E-state index < -0.39 is 27.7 Å². The summed E-state index contributed by atoms with van der Waals surface area (Å²) < 4.78 is 70.6. The van der Waals surface area contributed by atoms with E-state index in [4.69, 9.17) is 4.42 Å². The van der Waals surface area contributed by atoms with Crippen LogP contribution in [-0.2, 0) is 22.7 Å². The highest BCUT2D eigenvalue weighted by molar-refractivity contribution is 7.89. The van der Waals surface area contributed by atoms with Crippen LogP contribution in [0.3, 0.4) is 0 Å². The number of rotatable bonds is 6. The minimum absolute atomic E-state index is 0.0594. The fraction of sp³-hybridized carbons (Fsp3) is 0.105. The van der Waals surface area contributed by atoms with Gasteiger partial charge in [-0.1, -0.05) is 12.1 Å². The van der Waals surface area contributed by atoms with Crippen LogP contribution < -0.4 is 10.0 Å². The molecule has 0 radical (unpaired) electrons. The third-order valence-electron chi connectivity index (χ3n) is 3.87. The molecule has 0 saturated carbocycles. The van der Waals surface area contributed by atoms with Crippen molar-refractivity contribution in [3.8, 4) is 0 Å². The molecular weight excluding hydrogens is 409 g/mol. The first-order valence-electron chi connectivity index (χ1n) is 8.26. The largest absolute Gasteiger partial charge is 0.468 e. The van der Waals surface area contributed by atoms with Gasteiger partial charge in [0.1, 0.15) is 5.76 Å². The van der Waals surface area contributed by atoms with E-state index in [0.717, 1.165) is 18.2 Å². The van der Waals surface area contributed by atoms with Crippen molar-refractivity contribution in [3.05, 3.63) is 83.8 Å². The molecule has 1 heterocycles. The van der Waals surface area contributed by atoms with Crippen LogP contribution in [0.5, 0.6) is 0 Å². The highest BCUT2D eigenvalue weighted by Gasteiger charge is 2.30. The summed E-state index contributed by atoms with van der Waals surface area (Å²) in [6.07, 6.45) is -3.17. The Morgan fingerprint density at radius 3 is 2.45 bits per heavy atom. The van der Waals surface area contributed by atoms with Gasteiger partial charge in [-0.25, -0.2) is 13.1 Å². The minimum atomic E-state index is -4.58. The molecule has 29 heavy (non-hydrogen) atoms. The molecule has 1 amide bonds. The molecule has 0 saturated heterocycles. The average Bonchev–Trinajstić information content (AvgIpc) is 3.20. The maximum Gasteiger partial charge on any atom is 0.416 e. The quantitative estimate of drug-likeness (QED) is 0.625. The minimum Gasteiger partial charge on any atom is -0.468 e. The van der Waals surface area contributed by atoms with E-state index in [0.29, 0.717) is 5.76 Å². The molecule has 3 rings (SSSR count). The monoisotopic (exact) mass is 424 g/mol. The zero-order valence-electron chi connectivity index (χ0n) is 14.7. The predicted octanol–water partition coefficient (Wildman–Crippen LogP) is 4.03. The van der Waals surface area contributed by atoms with E-state index in [1.165, 1.54) is 36.6 Å². The first-order chi connectivity index (χ1) is 13.6. The Morgan fingerprint density at radius 2 is 1.76 bits per heavy atom. The molecule has 0 spiro atoms. The second-order valence-electron chi connectivity index (χ2n) is 5.96. The summed E-state index contributed by atoms with van der Waals surface area (Å²) in [6.45, 7) is -0.0594. The number of hydrogen-bond acceptors (Lipinski definition) is 4. The average molecular weight is 424 g/mol. The molecule has 10 heteroatoms. The van der Waals surface area contributed by atoms with Gasteiger partial charge in [0.2, 0.25) is 10.0 Å². The van der Waals surface area contributed by atoms with Gasteiger partial charge in [-0.15, -0.1) is 0 Å². The summed E-state index contributed by atoms with van der Waals surface area (Å²) >= 11 is 0. The number of nitrogens with one attached hydrogen (secondary N) is 2. The van der Waals surface area contributed by atoms with Crippen LogP contribution in [0.4, 0.5) is 18.9 Å². The molecule has 2 aromatic carbocycles. The molecule has 0 aliphatic heterocycles. The van der Waals surface area contributed by atoms with Crippen LogP contribution in [-0.4, -0.2) is 14.3 Å². The first-order valence-corrected chi connectivity index (χ1v) is 9.74. The number of amides is 1. The van der Waals surface area contributed by atoms with Crippen molar-refractivity contribution in [2.45, 2.75) is 17.6 Å². The Bertz CT molecular complexity index is 1110. The normalized spacial score (nSPS) is 12.0. The number of carbonyl (C=O) groups is 1. The van der Waals surface area contributed by atoms with Crippen molar-refractivity contribution in [2.24, 2.45) is 0 Å². The third kappa shape index (κ3) is 5.24. The van der Waals surface area contributed by atoms with E-state index in [2.05, 4.69) is 10.0 Å². The van der Waals surface area contributed by atoms with Crippen LogP contribution in [0.1, 0.15) is 21.7 Å². The van der Waals surface area contributed by atoms with Crippen LogP contribution in [0.15, 0.2) is 76.2 Å². The lowest BCUT2D eigenvalue weighted by Gasteiger charge is -2.11. The molecule has 0 atom stereocenters. The standard InChI is InChI=1S/C19H15F3N2O4S/c20-19(21,22)14-5-1-4-13(10-14)18(25)24-15-6-2-8-17(11-15)29(26,27)23-12-16-7-3-9-28-16/h1-11,23H,12H2,(H,24,25). The molecule has 3 aromatic rings. The molecule has 0 aliphatic carbocycles. The van der Waals surface area contributed by atoms with Crippen molar-refractivity contribution in [1.82, 2.24) is 4.72 Å². The van der Waals surface area contributed by atoms with E-state index in [9.17, 15) is 26.4 Å². The highest BCUT2D eigenvalue weighted by Crippen LogP contribution is 2.29. The SMILES string of the molecule is O=C(Nc1cccc(S(=O)(=O)NCc2ccco2)c1)c1cccc(C(F)(F)F)c1. The van der Waals surface area contributed by atoms with E-state index in [1.54, 1.807) is 12.1 Å². The molecule has 2 N–H and O–H groups in total. The fourth-order valence-electron chi connectivity index (χ4n) is 2.44. The highest BCUT2D eigenvalue weighted by atomic mass is 32.2. The summed E-state index contributed by atoms with van der Waals surface area (Å²) in [5.74, 6) is -0.378. The number of anilines is 1. The number of sulfonamides is 1. The number of hydrogen-bond donors (Lipinski definition) is 2. The fourth-order valence-corrected chi connectivity index (χ4v) is 3.48. The zero-order valence-corrected chi connectivity index (χ0v) is 15.5. The summed E-state index contributed by atoms with van der Waals surface area (Å²) in [4.78, 5) is 12.2. The van der Waals surface area contributed by atoms with Gasteiger partial charge in [0.15, 0.2) is 0 Å². The Kier molecular flexibility index (Phi) is 5.76. The summed E-state index contributed by atoms with van der Waals surface area (Å²) in [7, 11) is -3.90. The molecule has 0 bridgehead atoms. The first kappa shape index (κ1) is 20.6. The third-order valence-corrected chi connectivity index (χ3v) is 5.27. The van der Waals surface area contributed by atoms with Crippen LogP contribution >= 0.6 is 0 Å². The van der Waals surface area contributed by atoms with Crippen molar-refractivity contribution < 1.29 is 30.8 Å². The zero-order chi connectivity index (χ0) is 21.1. The number of halogens is 3. The summed E-state index contributed by atoms with van der Waals surface area (Å²) in [5, 5.41) is 2.40. The molecule has 1 aromatic heterocycles. The summed E-state index contributed by atoms with van der Waals surface area (Å²) in [5.41, 5.74) is -1.04. The van der Waals surface area contributed by atoms with Gasteiger partial charge in [-0.3, -0.25) is 4.79 Å². The molecule has 0 fully saturated rings. The predicted molar refractivity (Wildman–Crippen MR) is 98.6 cm³/mol. The Hall–Kier alpha value is -3.11. The van der Waals surface area contributed by atoms with Crippen LogP contribution in [0.2, 0.25) is 0 Å². The molecule has 0 unspecified atom stereocenters.